The number of benzene rings is 1. The van der Waals surface area contributed by atoms with Crippen molar-refractivity contribution in [2.75, 3.05) is 19.5 Å². The Morgan fingerprint density at radius 3 is 2.68 bits per heavy atom. The van der Waals surface area contributed by atoms with Crippen molar-refractivity contribution in [2.45, 2.75) is 6.92 Å². The van der Waals surface area contributed by atoms with E-state index in [2.05, 4.69) is 20.6 Å². The number of hydrogen-bond donors (Lipinski definition) is 2. The van der Waals surface area contributed by atoms with Crippen LogP contribution in [0.1, 0.15) is 16.1 Å². The first-order chi connectivity index (χ1) is 13.6. The molecule has 2 N–H and O–H groups in total. The summed E-state index contributed by atoms with van der Waals surface area (Å²) in [6.45, 7) is 1.99. The van der Waals surface area contributed by atoms with E-state index in [-0.39, 0.29) is 5.91 Å². The Hall–Kier alpha value is -3.39. The van der Waals surface area contributed by atoms with Crippen molar-refractivity contribution in [3.63, 3.8) is 0 Å². The number of aromatic nitrogens is 3. The van der Waals surface area contributed by atoms with Gasteiger partial charge < -0.3 is 15.4 Å². The minimum Gasteiger partial charge on any atom is -0.495 e. The van der Waals surface area contributed by atoms with Gasteiger partial charge >= 0.3 is 0 Å². The van der Waals surface area contributed by atoms with Crippen LogP contribution in [0.25, 0.3) is 16.2 Å². The van der Waals surface area contributed by atoms with Gasteiger partial charge in [-0.15, -0.1) is 0 Å². The largest absolute Gasteiger partial charge is 0.495 e. The molecule has 4 aromatic rings. The normalized spacial score (nSPS) is 10.8. The summed E-state index contributed by atoms with van der Waals surface area (Å²) in [7, 11) is 3.26. The number of nitrogens with zero attached hydrogens (tertiary/aromatic N) is 3. The second kappa shape index (κ2) is 7.32. The van der Waals surface area contributed by atoms with Gasteiger partial charge in [0.2, 0.25) is 0 Å². The minimum atomic E-state index is -0.110. The van der Waals surface area contributed by atoms with Crippen LogP contribution in [-0.4, -0.2) is 34.4 Å². The average molecular weight is 393 g/mol. The molecule has 4 rings (SSSR count). The van der Waals surface area contributed by atoms with Crippen LogP contribution in [0.4, 0.5) is 10.8 Å². The van der Waals surface area contributed by atoms with Gasteiger partial charge in [-0.2, -0.15) is 0 Å². The van der Waals surface area contributed by atoms with Gasteiger partial charge in [0.25, 0.3) is 5.91 Å². The van der Waals surface area contributed by atoms with Gasteiger partial charge in [-0.05, 0) is 43.3 Å². The molecule has 0 radical (unpaired) electrons. The first-order valence-electron chi connectivity index (χ1n) is 8.67. The molecular weight excluding hydrogens is 374 g/mol. The van der Waals surface area contributed by atoms with Crippen LogP contribution in [0.3, 0.4) is 0 Å². The fourth-order valence-corrected chi connectivity index (χ4v) is 3.91. The van der Waals surface area contributed by atoms with Gasteiger partial charge in [0, 0.05) is 24.5 Å². The molecule has 0 aliphatic heterocycles. The highest BCUT2D eigenvalue weighted by Gasteiger charge is 2.15. The molecular formula is C20H19N5O2S. The highest BCUT2D eigenvalue weighted by molar-refractivity contribution is 7.18. The van der Waals surface area contributed by atoms with E-state index < -0.39 is 0 Å². The van der Waals surface area contributed by atoms with Crippen LogP contribution >= 0.6 is 11.3 Å². The second-order valence-corrected chi connectivity index (χ2v) is 7.18. The Labute approximate surface area is 166 Å². The van der Waals surface area contributed by atoms with Crippen LogP contribution in [-0.2, 0) is 0 Å². The molecule has 0 saturated carbocycles. The molecule has 7 nitrogen and oxygen atoms in total. The summed E-state index contributed by atoms with van der Waals surface area (Å²) in [6, 6.07) is 11.1. The number of rotatable bonds is 5. The molecule has 142 valence electrons. The summed E-state index contributed by atoms with van der Waals surface area (Å²) in [5.74, 6) is 0.659. The lowest BCUT2D eigenvalue weighted by molar-refractivity contribution is 0.0963. The number of thiazole rings is 1. The number of pyridine rings is 1. The number of hydrogen-bond acceptors (Lipinski definition) is 6. The van der Waals surface area contributed by atoms with Crippen LogP contribution in [0, 0.1) is 6.92 Å². The molecule has 0 aliphatic rings. The molecule has 0 aliphatic carbocycles. The van der Waals surface area contributed by atoms with Crippen molar-refractivity contribution in [3.8, 4) is 16.3 Å². The van der Waals surface area contributed by atoms with Gasteiger partial charge in [0.15, 0.2) is 5.13 Å². The van der Waals surface area contributed by atoms with Gasteiger partial charge in [0.05, 0.1) is 29.6 Å². The Kier molecular flexibility index (Phi) is 4.70. The monoisotopic (exact) mass is 393 g/mol. The lowest BCUT2D eigenvalue weighted by Crippen LogP contribution is -2.17. The van der Waals surface area contributed by atoms with E-state index in [9.17, 15) is 4.79 Å². The smallest absolute Gasteiger partial charge is 0.251 e. The first-order valence-corrected chi connectivity index (χ1v) is 9.49. The molecule has 0 saturated heterocycles. The molecule has 1 aromatic carbocycles. The van der Waals surface area contributed by atoms with Gasteiger partial charge in [-0.1, -0.05) is 11.3 Å². The number of fused-ring (bicyclic) bond motifs is 1. The van der Waals surface area contributed by atoms with Crippen molar-refractivity contribution < 1.29 is 9.53 Å². The Morgan fingerprint density at radius 1 is 1.18 bits per heavy atom. The predicted octanol–water partition coefficient (Wildman–Crippen LogP) is 3.88. The van der Waals surface area contributed by atoms with Crippen LogP contribution < -0.4 is 15.4 Å². The summed E-state index contributed by atoms with van der Waals surface area (Å²) in [6.07, 6.45) is 3.76. The second-order valence-electron chi connectivity index (χ2n) is 6.15. The topological polar surface area (TPSA) is 80.5 Å². The highest BCUT2D eigenvalue weighted by atomic mass is 32.1. The van der Waals surface area contributed by atoms with E-state index in [1.807, 2.05) is 48.0 Å². The first kappa shape index (κ1) is 18.0. The predicted molar refractivity (Wildman–Crippen MR) is 111 cm³/mol. The Morgan fingerprint density at radius 2 is 1.96 bits per heavy atom. The molecule has 28 heavy (non-hydrogen) atoms. The zero-order valence-electron chi connectivity index (χ0n) is 15.7. The van der Waals surface area contributed by atoms with Crippen molar-refractivity contribution in [1.82, 2.24) is 19.7 Å². The van der Waals surface area contributed by atoms with Crippen molar-refractivity contribution >= 4 is 33.7 Å². The van der Waals surface area contributed by atoms with E-state index in [0.29, 0.717) is 5.56 Å². The quantitative estimate of drug-likeness (QED) is 0.538. The number of carbonyl (C=O) groups is 1. The molecule has 1 amide bonds. The third-order valence-electron chi connectivity index (χ3n) is 4.37. The summed E-state index contributed by atoms with van der Waals surface area (Å²) >= 11 is 1.54. The zero-order chi connectivity index (χ0) is 19.7. The molecule has 0 fully saturated rings. The molecule has 8 heteroatoms. The van der Waals surface area contributed by atoms with E-state index in [4.69, 9.17) is 4.74 Å². The van der Waals surface area contributed by atoms with E-state index in [0.717, 1.165) is 38.5 Å². The van der Waals surface area contributed by atoms with Crippen LogP contribution in [0.15, 0.2) is 48.8 Å². The minimum absolute atomic E-state index is 0.110. The average Bonchev–Trinajstić information content (AvgIpc) is 3.30. The number of anilines is 2. The molecule has 0 bridgehead atoms. The maximum atomic E-state index is 11.6. The van der Waals surface area contributed by atoms with Gasteiger partial charge in [-0.25, -0.2) is 9.97 Å². The number of nitrogens with one attached hydrogen (secondary N) is 2. The van der Waals surface area contributed by atoms with Crippen molar-refractivity contribution in [3.05, 3.63) is 60.0 Å². The maximum Gasteiger partial charge on any atom is 0.251 e. The molecule has 0 unspecified atom stereocenters. The Bertz CT molecular complexity index is 1150. The number of imidazole rings is 1. The lowest BCUT2D eigenvalue weighted by atomic mass is 10.2. The van der Waals surface area contributed by atoms with E-state index >= 15 is 0 Å². The van der Waals surface area contributed by atoms with E-state index in [1.54, 1.807) is 26.3 Å². The SMILES string of the molecule is CNC(=O)c1ccc(Nc2ncc(-c3c(C)nc4ccc(OC)cn34)s2)cc1. The number of aryl methyl sites for hydroxylation is 1. The number of carbonyl (C=O) groups excluding carboxylic acids is 1. The van der Waals surface area contributed by atoms with Crippen LogP contribution in [0.2, 0.25) is 0 Å². The van der Waals surface area contributed by atoms with E-state index in [1.165, 1.54) is 11.3 Å². The summed E-state index contributed by atoms with van der Waals surface area (Å²) in [5, 5.41) is 6.66. The van der Waals surface area contributed by atoms with Crippen molar-refractivity contribution in [1.29, 1.82) is 0 Å². The zero-order valence-corrected chi connectivity index (χ0v) is 16.5. The third kappa shape index (κ3) is 3.29. The van der Waals surface area contributed by atoms with Crippen LogP contribution in [0.5, 0.6) is 5.75 Å². The molecule has 3 heterocycles. The Balaban J connectivity index is 1.62. The molecule has 0 spiro atoms. The van der Waals surface area contributed by atoms with Gasteiger partial charge in [-0.3, -0.25) is 9.20 Å². The maximum absolute atomic E-state index is 11.6. The van der Waals surface area contributed by atoms with Crippen molar-refractivity contribution in [2.24, 2.45) is 0 Å². The number of ether oxygens (including phenoxy) is 1. The molecule has 0 atom stereocenters. The third-order valence-corrected chi connectivity index (χ3v) is 5.29. The van der Waals surface area contributed by atoms with Gasteiger partial charge in [0.1, 0.15) is 11.4 Å². The fourth-order valence-electron chi connectivity index (χ4n) is 2.97. The fraction of sp³-hybridized carbons (Fsp3) is 0.150. The number of amides is 1. The lowest BCUT2D eigenvalue weighted by Gasteiger charge is -2.04. The summed E-state index contributed by atoms with van der Waals surface area (Å²) in [4.78, 5) is 21.8. The summed E-state index contributed by atoms with van der Waals surface area (Å²) in [5.41, 5.74) is 4.27. The molecule has 3 aromatic heterocycles. The standard InChI is InChI=1S/C20H19N5O2S/c1-12-18(25-11-15(27-3)8-9-17(25)23-12)16-10-22-20(28-16)24-14-6-4-13(5-7-14)19(26)21-2/h4-11H,1-3H3,(H,21,26)(H,22,24). The number of methoxy groups -OCH3 is 1. The highest BCUT2D eigenvalue weighted by Crippen LogP contribution is 2.33. The summed E-state index contributed by atoms with van der Waals surface area (Å²) < 4.78 is 7.36.